The Hall–Kier alpha value is -2.09. The molecule has 0 saturated carbocycles. The molecule has 2 heteroatoms. The van der Waals surface area contributed by atoms with Gasteiger partial charge in [-0.25, -0.2) is 0 Å². The molecular formula is C17H17NO. The highest BCUT2D eigenvalue weighted by Gasteiger charge is 2.47. The Morgan fingerprint density at radius 1 is 0.947 bits per heavy atom. The normalized spacial score (nSPS) is 16.4. The maximum absolute atomic E-state index is 5.75. The summed E-state index contributed by atoms with van der Waals surface area (Å²) in [6.45, 7) is 3.41. The monoisotopic (exact) mass is 251 g/mol. The molecule has 2 nitrogen and oxygen atoms in total. The summed E-state index contributed by atoms with van der Waals surface area (Å²) in [5.41, 5.74) is 2.30. The number of hydrogen-bond acceptors (Lipinski definition) is 2. The third kappa shape index (κ3) is 1.84. The van der Waals surface area contributed by atoms with Gasteiger partial charge < -0.3 is 4.74 Å². The smallest absolute Gasteiger partial charge is 0.200 e. The average Bonchev–Trinajstić information content (AvgIpc) is 2.46. The van der Waals surface area contributed by atoms with Crippen LogP contribution in [0, 0.1) is 0 Å². The second-order valence-corrected chi connectivity index (χ2v) is 4.69. The SMILES string of the molecule is CCOC1=NCC1(c1ccccc1)c1ccccc1. The van der Waals surface area contributed by atoms with Crippen LogP contribution in [-0.2, 0) is 10.2 Å². The van der Waals surface area contributed by atoms with Crippen LogP contribution in [0.15, 0.2) is 65.7 Å². The molecule has 0 atom stereocenters. The summed E-state index contributed by atoms with van der Waals surface area (Å²) in [5, 5.41) is 0. The van der Waals surface area contributed by atoms with Crippen molar-refractivity contribution in [2.45, 2.75) is 12.3 Å². The summed E-state index contributed by atoms with van der Waals surface area (Å²) < 4.78 is 5.75. The van der Waals surface area contributed by atoms with Crippen LogP contribution < -0.4 is 0 Å². The second-order valence-electron chi connectivity index (χ2n) is 4.69. The molecule has 96 valence electrons. The van der Waals surface area contributed by atoms with Gasteiger partial charge in [0.15, 0.2) is 0 Å². The largest absolute Gasteiger partial charge is 0.480 e. The zero-order valence-electron chi connectivity index (χ0n) is 11.0. The molecule has 0 aromatic heterocycles. The van der Waals surface area contributed by atoms with E-state index in [0.29, 0.717) is 6.61 Å². The van der Waals surface area contributed by atoms with Crippen LogP contribution in [0.2, 0.25) is 0 Å². The summed E-state index contributed by atoms with van der Waals surface area (Å²) in [6.07, 6.45) is 0. The fourth-order valence-electron chi connectivity index (χ4n) is 2.65. The molecule has 3 rings (SSSR count). The maximum Gasteiger partial charge on any atom is 0.200 e. The second kappa shape index (κ2) is 4.88. The molecule has 0 unspecified atom stereocenters. The molecule has 0 N–H and O–H groups in total. The summed E-state index contributed by atoms with van der Waals surface area (Å²) in [6, 6.07) is 21.0. The molecule has 0 saturated heterocycles. The van der Waals surface area contributed by atoms with E-state index in [1.165, 1.54) is 11.1 Å². The molecule has 1 aliphatic heterocycles. The van der Waals surface area contributed by atoms with Crippen LogP contribution in [0.3, 0.4) is 0 Å². The van der Waals surface area contributed by atoms with Crippen LogP contribution in [0.25, 0.3) is 0 Å². The zero-order chi connectivity index (χ0) is 13.1. The van der Waals surface area contributed by atoms with Crippen LogP contribution in [0.4, 0.5) is 0 Å². The molecule has 19 heavy (non-hydrogen) atoms. The van der Waals surface area contributed by atoms with Gasteiger partial charge in [-0.15, -0.1) is 0 Å². The first-order chi connectivity index (χ1) is 9.38. The van der Waals surface area contributed by atoms with Crippen molar-refractivity contribution in [3.05, 3.63) is 71.8 Å². The van der Waals surface area contributed by atoms with Gasteiger partial charge >= 0.3 is 0 Å². The molecule has 2 aromatic rings. The fourth-order valence-corrected chi connectivity index (χ4v) is 2.65. The third-order valence-corrected chi connectivity index (χ3v) is 3.64. The summed E-state index contributed by atoms with van der Waals surface area (Å²) >= 11 is 0. The zero-order valence-corrected chi connectivity index (χ0v) is 11.0. The lowest BCUT2D eigenvalue weighted by Gasteiger charge is -2.40. The quantitative estimate of drug-likeness (QED) is 0.819. The molecule has 1 aliphatic rings. The maximum atomic E-state index is 5.75. The van der Waals surface area contributed by atoms with Crippen molar-refractivity contribution in [1.82, 2.24) is 0 Å². The molecule has 0 amide bonds. The number of nitrogens with zero attached hydrogens (tertiary/aromatic N) is 1. The van der Waals surface area contributed by atoms with Crippen molar-refractivity contribution in [3.8, 4) is 0 Å². The highest BCUT2D eigenvalue weighted by molar-refractivity contribution is 5.97. The fraction of sp³-hybridized carbons (Fsp3) is 0.235. The van der Waals surface area contributed by atoms with Crippen LogP contribution in [0.5, 0.6) is 0 Å². The van der Waals surface area contributed by atoms with E-state index in [0.717, 1.165) is 12.4 Å². The molecule has 0 bridgehead atoms. The van der Waals surface area contributed by atoms with Gasteiger partial charge in [0.05, 0.1) is 13.2 Å². The van der Waals surface area contributed by atoms with Crippen molar-refractivity contribution >= 4 is 5.90 Å². The van der Waals surface area contributed by atoms with Gasteiger partial charge in [-0.1, -0.05) is 60.7 Å². The lowest BCUT2D eigenvalue weighted by atomic mass is 9.71. The van der Waals surface area contributed by atoms with E-state index in [2.05, 4.69) is 53.5 Å². The number of benzene rings is 2. The van der Waals surface area contributed by atoms with Crippen LogP contribution >= 0.6 is 0 Å². The lowest BCUT2D eigenvalue weighted by Crippen LogP contribution is -2.48. The first kappa shape index (κ1) is 12.0. The van der Waals surface area contributed by atoms with E-state index in [4.69, 9.17) is 4.74 Å². The minimum atomic E-state index is -0.196. The topological polar surface area (TPSA) is 21.6 Å². The third-order valence-electron chi connectivity index (χ3n) is 3.64. The molecule has 1 heterocycles. The number of aliphatic imine (C=N–C) groups is 1. The van der Waals surface area contributed by atoms with E-state index < -0.39 is 0 Å². The molecule has 0 radical (unpaired) electrons. The van der Waals surface area contributed by atoms with E-state index in [9.17, 15) is 0 Å². The standard InChI is InChI=1S/C17H17NO/c1-2-19-16-17(13-18-16,14-9-5-3-6-10-14)15-11-7-4-8-12-15/h3-12H,2,13H2,1H3. The Balaban J connectivity index is 2.11. The van der Waals surface area contributed by atoms with Crippen molar-refractivity contribution in [1.29, 1.82) is 0 Å². The predicted molar refractivity (Wildman–Crippen MR) is 77.6 cm³/mol. The Bertz CT molecular complexity index is 535. The molecule has 0 aliphatic carbocycles. The average molecular weight is 251 g/mol. The van der Waals surface area contributed by atoms with Gasteiger partial charge in [-0.3, -0.25) is 4.99 Å². The minimum Gasteiger partial charge on any atom is -0.480 e. The van der Waals surface area contributed by atoms with Gasteiger partial charge in [0.1, 0.15) is 5.41 Å². The van der Waals surface area contributed by atoms with E-state index >= 15 is 0 Å². The Morgan fingerprint density at radius 3 is 1.84 bits per heavy atom. The Kier molecular flexibility index (Phi) is 3.08. The van der Waals surface area contributed by atoms with Gasteiger partial charge in [0.2, 0.25) is 5.90 Å². The van der Waals surface area contributed by atoms with Crippen LogP contribution in [-0.4, -0.2) is 19.0 Å². The summed E-state index contributed by atoms with van der Waals surface area (Å²) in [4.78, 5) is 4.46. The van der Waals surface area contributed by atoms with Crippen molar-refractivity contribution < 1.29 is 4.74 Å². The number of hydrogen-bond donors (Lipinski definition) is 0. The highest BCUT2D eigenvalue weighted by atomic mass is 16.5. The summed E-state index contributed by atoms with van der Waals surface area (Å²) in [5.74, 6) is 0.840. The van der Waals surface area contributed by atoms with Crippen molar-refractivity contribution in [2.75, 3.05) is 13.2 Å². The molecular weight excluding hydrogens is 234 g/mol. The van der Waals surface area contributed by atoms with Crippen LogP contribution in [0.1, 0.15) is 18.1 Å². The predicted octanol–water partition coefficient (Wildman–Crippen LogP) is 3.42. The van der Waals surface area contributed by atoms with E-state index in [-0.39, 0.29) is 5.41 Å². The Labute approximate surface area is 113 Å². The summed E-state index contributed by atoms with van der Waals surface area (Å²) in [7, 11) is 0. The first-order valence-corrected chi connectivity index (χ1v) is 6.66. The van der Waals surface area contributed by atoms with Crippen molar-refractivity contribution in [3.63, 3.8) is 0 Å². The minimum absolute atomic E-state index is 0.196. The van der Waals surface area contributed by atoms with Gasteiger partial charge in [-0.2, -0.15) is 0 Å². The lowest BCUT2D eigenvalue weighted by molar-refractivity contribution is 0.278. The van der Waals surface area contributed by atoms with Gasteiger partial charge in [0.25, 0.3) is 0 Å². The Morgan fingerprint density at radius 2 is 1.47 bits per heavy atom. The van der Waals surface area contributed by atoms with Gasteiger partial charge in [-0.05, 0) is 18.1 Å². The number of ether oxygens (including phenoxy) is 1. The molecule has 0 spiro atoms. The van der Waals surface area contributed by atoms with E-state index in [1.807, 2.05) is 19.1 Å². The van der Waals surface area contributed by atoms with E-state index in [1.54, 1.807) is 0 Å². The number of rotatable bonds is 3. The van der Waals surface area contributed by atoms with Gasteiger partial charge in [0, 0.05) is 0 Å². The molecule has 0 fully saturated rings. The molecule has 2 aromatic carbocycles. The van der Waals surface area contributed by atoms with Crippen molar-refractivity contribution in [2.24, 2.45) is 4.99 Å². The highest BCUT2D eigenvalue weighted by Crippen LogP contribution is 2.40. The first-order valence-electron chi connectivity index (χ1n) is 6.66.